The van der Waals surface area contributed by atoms with E-state index in [1.54, 1.807) is 0 Å². The van der Waals surface area contributed by atoms with Gasteiger partial charge in [0.25, 0.3) is 0 Å². The predicted octanol–water partition coefficient (Wildman–Crippen LogP) is 1.44. The van der Waals surface area contributed by atoms with Crippen LogP contribution in [0.2, 0.25) is 0 Å². The quantitative estimate of drug-likeness (QED) is 0.479. The first-order valence-corrected chi connectivity index (χ1v) is 2.47. The van der Waals surface area contributed by atoms with Gasteiger partial charge in [-0.2, -0.15) is 0 Å². The van der Waals surface area contributed by atoms with Crippen LogP contribution in [0.3, 0.4) is 0 Å². The van der Waals surface area contributed by atoms with Crippen LogP contribution in [0.5, 0.6) is 0 Å². The Bertz CT molecular complexity index is 64.6. The van der Waals surface area contributed by atoms with Crippen molar-refractivity contribution in [2.45, 2.75) is 20.3 Å². The predicted molar refractivity (Wildman–Crippen MR) is 29.8 cm³/mol. The van der Waals surface area contributed by atoms with E-state index in [0.717, 1.165) is 0 Å². The van der Waals surface area contributed by atoms with E-state index in [9.17, 15) is 4.79 Å². The summed E-state index contributed by atoms with van der Waals surface area (Å²) >= 11 is 0. The summed E-state index contributed by atoms with van der Waals surface area (Å²) in [7, 11) is 0. The third-order valence-corrected chi connectivity index (χ3v) is 0.636. The van der Waals surface area contributed by atoms with Crippen molar-refractivity contribution in [2.75, 3.05) is 0 Å². The van der Waals surface area contributed by atoms with Crippen molar-refractivity contribution in [2.24, 2.45) is 5.92 Å². The largest absolute Gasteiger partial charge is 0.303 e. The topological polar surface area (TPSA) is 17.1 Å². The van der Waals surface area contributed by atoms with Crippen LogP contribution in [0.4, 0.5) is 0 Å². The van der Waals surface area contributed by atoms with Gasteiger partial charge in [0.05, 0.1) is 6.42 Å². The number of rotatable bonds is 2. The molecule has 7 heavy (non-hydrogen) atoms. The fourth-order valence-corrected chi connectivity index (χ4v) is 0.455. The first-order chi connectivity index (χ1) is 3.13. The molecule has 0 aromatic carbocycles. The summed E-state index contributed by atoms with van der Waals surface area (Å²) in [6.45, 7) is 7.25. The van der Waals surface area contributed by atoms with Gasteiger partial charge in [-0.05, 0) is 5.92 Å². The fraction of sp³-hybridized carbons (Fsp3) is 0.667. The van der Waals surface area contributed by atoms with Gasteiger partial charge in [0.1, 0.15) is 6.92 Å². The molecule has 0 unspecified atom stereocenters. The van der Waals surface area contributed by atoms with Gasteiger partial charge in [-0.25, -0.2) is 4.79 Å². The van der Waals surface area contributed by atoms with Gasteiger partial charge in [-0.3, -0.25) is 0 Å². The van der Waals surface area contributed by atoms with E-state index >= 15 is 0 Å². The summed E-state index contributed by atoms with van der Waals surface area (Å²) in [6.07, 6.45) is 0.611. The highest BCUT2D eigenvalue weighted by atomic mass is 16.1. The zero-order chi connectivity index (χ0) is 5.86. The minimum atomic E-state index is 0.0370. The van der Waals surface area contributed by atoms with Gasteiger partial charge in [-0.15, -0.1) is 0 Å². The Morgan fingerprint density at radius 2 is 2.14 bits per heavy atom. The third kappa shape index (κ3) is 5.54. The van der Waals surface area contributed by atoms with Gasteiger partial charge in [-0.1, -0.05) is 13.8 Å². The number of ketones is 1. The molecule has 0 aliphatic carbocycles. The Labute approximate surface area is 44.7 Å². The van der Waals surface area contributed by atoms with Gasteiger partial charge in [0.2, 0.25) is 0 Å². The normalized spacial score (nSPS) is 9.57. The van der Waals surface area contributed by atoms with E-state index in [0.29, 0.717) is 12.3 Å². The molecule has 0 atom stereocenters. The maximum Gasteiger partial charge on any atom is 0.303 e. The average Bonchev–Trinajstić information content (AvgIpc) is 1.27. The van der Waals surface area contributed by atoms with Gasteiger partial charge < -0.3 is 0 Å². The molecule has 0 aliphatic rings. The van der Waals surface area contributed by atoms with Crippen molar-refractivity contribution in [3.63, 3.8) is 0 Å². The zero-order valence-electron chi connectivity index (χ0n) is 4.90. The molecule has 1 nitrogen and oxygen atoms in total. The number of carbonyl (C=O) groups is 1. The zero-order valence-corrected chi connectivity index (χ0v) is 4.90. The summed E-state index contributed by atoms with van der Waals surface area (Å²) in [5, 5.41) is 0. The smallest absolute Gasteiger partial charge is 0.244 e. The molecule has 0 rings (SSSR count). The Morgan fingerprint density at radius 1 is 1.71 bits per heavy atom. The number of hydrogen-bond donors (Lipinski definition) is 0. The van der Waals surface area contributed by atoms with E-state index in [4.69, 9.17) is 0 Å². The van der Waals surface area contributed by atoms with E-state index < -0.39 is 0 Å². The summed E-state index contributed by atoms with van der Waals surface area (Å²) < 4.78 is 0. The standard InChI is InChI=1S/C6H11O/c1-5(2)4-6(3)7/h5H,3-4H2,1-2H3/q+1. The van der Waals surface area contributed by atoms with E-state index in [1.807, 2.05) is 13.8 Å². The molecule has 0 radical (unpaired) electrons. The highest BCUT2D eigenvalue weighted by Crippen LogP contribution is 1.97. The van der Waals surface area contributed by atoms with Crippen LogP contribution in [0.1, 0.15) is 20.3 Å². The second-order valence-corrected chi connectivity index (χ2v) is 2.14. The maximum absolute atomic E-state index is 10.1. The van der Waals surface area contributed by atoms with Crippen molar-refractivity contribution < 1.29 is 4.79 Å². The van der Waals surface area contributed by atoms with Crippen LogP contribution in [0.25, 0.3) is 0 Å². The lowest BCUT2D eigenvalue weighted by molar-refractivity contribution is -0.115. The van der Waals surface area contributed by atoms with E-state index in [2.05, 4.69) is 6.92 Å². The second kappa shape index (κ2) is 2.67. The molecule has 0 aromatic rings. The Morgan fingerprint density at radius 3 is 2.14 bits per heavy atom. The maximum atomic E-state index is 10.1. The molecule has 0 spiro atoms. The van der Waals surface area contributed by atoms with E-state index in [1.165, 1.54) is 0 Å². The summed E-state index contributed by atoms with van der Waals surface area (Å²) in [4.78, 5) is 10.1. The van der Waals surface area contributed by atoms with E-state index in [-0.39, 0.29) is 5.78 Å². The van der Waals surface area contributed by atoms with Crippen molar-refractivity contribution in [3.8, 4) is 0 Å². The van der Waals surface area contributed by atoms with Crippen LogP contribution in [0, 0.1) is 12.8 Å². The molecule has 0 N–H and O–H groups in total. The highest BCUT2D eigenvalue weighted by molar-refractivity contribution is 5.82. The molecular weight excluding hydrogens is 88.1 g/mol. The first kappa shape index (κ1) is 6.54. The van der Waals surface area contributed by atoms with Crippen LogP contribution in [-0.4, -0.2) is 5.78 Å². The molecule has 0 aromatic heterocycles. The lowest BCUT2D eigenvalue weighted by Crippen LogP contribution is -1.95. The van der Waals surface area contributed by atoms with Gasteiger partial charge in [0.15, 0.2) is 0 Å². The summed E-state index contributed by atoms with van der Waals surface area (Å²) in [5.74, 6) is 0.500. The monoisotopic (exact) mass is 99.1 g/mol. The molecule has 0 saturated carbocycles. The molecule has 0 fully saturated rings. The van der Waals surface area contributed by atoms with Crippen molar-refractivity contribution in [3.05, 3.63) is 6.92 Å². The SMILES string of the molecule is [CH2+]C(=O)CC(C)C. The van der Waals surface area contributed by atoms with Crippen molar-refractivity contribution in [1.82, 2.24) is 0 Å². The lowest BCUT2D eigenvalue weighted by Gasteiger charge is -1.91. The first-order valence-electron chi connectivity index (χ1n) is 2.47. The summed E-state index contributed by atoms with van der Waals surface area (Å²) in [6, 6.07) is 0. The van der Waals surface area contributed by atoms with Crippen LogP contribution < -0.4 is 0 Å². The number of Topliss-reactive ketones (excluding diaryl/α,β-unsaturated/α-hetero) is 1. The average molecular weight is 99.2 g/mol. The minimum Gasteiger partial charge on any atom is -0.244 e. The number of carbonyl (C=O) groups excluding carboxylic acids is 1. The second-order valence-electron chi connectivity index (χ2n) is 2.14. The molecule has 0 amide bonds. The van der Waals surface area contributed by atoms with Gasteiger partial charge in [0, 0.05) is 0 Å². The fourth-order valence-electron chi connectivity index (χ4n) is 0.455. The Hall–Kier alpha value is -0.460. The van der Waals surface area contributed by atoms with Gasteiger partial charge >= 0.3 is 5.78 Å². The molecular formula is C6H11O+. The minimum absolute atomic E-state index is 0.0370. The molecule has 0 saturated heterocycles. The molecule has 0 bridgehead atoms. The highest BCUT2D eigenvalue weighted by Gasteiger charge is 2.02. The lowest BCUT2D eigenvalue weighted by atomic mass is 10.1. The molecule has 0 heterocycles. The van der Waals surface area contributed by atoms with Crippen LogP contribution >= 0.6 is 0 Å². The Balaban J connectivity index is 3.13. The van der Waals surface area contributed by atoms with Crippen LogP contribution in [0.15, 0.2) is 0 Å². The molecule has 0 aliphatic heterocycles. The summed E-state index contributed by atoms with van der Waals surface area (Å²) in [5.41, 5.74) is 0. The van der Waals surface area contributed by atoms with Crippen molar-refractivity contribution in [1.29, 1.82) is 0 Å². The molecule has 1 heteroatoms. The Kier molecular flexibility index (Phi) is 2.49. The number of hydrogen-bond acceptors (Lipinski definition) is 1. The van der Waals surface area contributed by atoms with Crippen LogP contribution in [-0.2, 0) is 4.79 Å². The molecule has 40 valence electrons. The van der Waals surface area contributed by atoms with Crippen molar-refractivity contribution >= 4 is 5.78 Å². The third-order valence-electron chi connectivity index (χ3n) is 0.636.